The van der Waals surface area contributed by atoms with Crippen LogP contribution in [-0.2, 0) is 54.1 Å². The molecule has 16 aromatic rings. The van der Waals surface area contributed by atoms with Crippen LogP contribution >= 0.6 is 0 Å². The van der Waals surface area contributed by atoms with Crippen LogP contribution in [0.25, 0.3) is 111 Å². The van der Waals surface area contributed by atoms with Crippen molar-refractivity contribution in [3.63, 3.8) is 0 Å². The second-order valence-electron chi connectivity index (χ2n) is 45.5. The zero-order valence-corrected chi connectivity index (χ0v) is 80.4. The normalized spacial score (nSPS) is 17.1. The smallest absolute Gasteiger partial charge is 0.252 e. The molecule has 0 amide bonds. The Morgan fingerprint density at radius 3 is 0.953 bits per heavy atom. The van der Waals surface area contributed by atoms with E-state index in [4.69, 9.17) is 0 Å². The third-order valence-corrected chi connectivity index (χ3v) is 25.3. The van der Waals surface area contributed by atoms with Gasteiger partial charge >= 0.3 is 0 Å². The van der Waals surface area contributed by atoms with Crippen molar-refractivity contribution in [2.24, 2.45) is 0 Å². The number of rotatable bonds is 9. The quantitative estimate of drug-likeness (QED) is 0.134. The number of para-hydroxylation sites is 2. The first-order chi connectivity index (χ1) is 73.3. The van der Waals surface area contributed by atoms with Gasteiger partial charge < -0.3 is 18.9 Å². The number of anilines is 6. The minimum Gasteiger partial charge on any atom is -0.310 e. The molecule has 2 aliphatic heterocycles. The Bertz CT molecular complexity index is 8870. The average Bonchev–Trinajstić information content (AvgIpc) is 0.964. The second kappa shape index (κ2) is 30.5. The summed E-state index contributed by atoms with van der Waals surface area (Å²) in [5.74, 6) is 0. The molecule has 2 aliphatic rings. The van der Waals surface area contributed by atoms with Crippen LogP contribution in [0.1, 0.15) is 306 Å². The molecule has 654 valence electrons. The van der Waals surface area contributed by atoms with Crippen LogP contribution in [0.2, 0.25) is 0 Å². The summed E-state index contributed by atoms with van der Waals surface area (Å²) in [5.41, 5.74) is -13.1. The van der Waals surface area contributed by atoms with E-state index in [-0.39, 0.29) is 128 Å². The summed E-state index contributed by atoms with van der Waals surface area (Å²) >= 11 is 0. The van der Waals surface area contributed by atoms with Crippen molar-refractivity contribution in [3.8, 4) is 67.0 Å². The molecule has 129 heavy (non-hydrogen) atoms. The third-order valence-electron chi connectivity index (χ3n) is 25.3. The molecule has 18 rings (SSSR count). The lowest BCUT2D eigenvalue weighted by atomic mass is 9.33. The van der Waals surface area contributed by atoms with Crippen molar-refractivity contribution >= 4 is 101 Å². The van der Waals surface area contributed by atoms with Crippen LogP contribution in [0.4, 0.5) is 34.1 Å². The van der Waals surface area contributed by atoms with Gasteiger partial charge in [-0.05, 0) is 250 Å². The molecule has 0 fully saturated rings. The minimum absolute atomic E-state index is 0.0143. The summed E-state index contributed by atoms with van der Waals surface area (Å²) in [5, 5.41) is 0.765. The van der Waals surface area contributed by atoms with Crippen LogP contribution in [0.3, 0.4) is 0 Å². The van der Waals surface area contributed by atoms with E-state index in [0.29, 0.717) is 16.7 Å². The maximum absolute atomic E-state index is 12.1. The summed E-state index contributed by atoms with van der Waals surface area (Å²) in [6, 6.07) is 5.55. The molecule has 0 saturated carbocycles. The van der Waals surface area contributed by atoms with Crippen molar-refractivity contribution in [2.75, 3.05) is 9.80 Å². The molecule has 0 unspecified atom stereocenters. The highest BCUT2D eigenvalue weighted by atomic mass is 15.2. The zero-order chi connectivity index (χ0) is 119. The topological polar surface area (TPSA) is 16.3 Å². The second-order valence-corrected chi connectivity index (χ2v) is 45.5. The highest BCUT2D eigenvalue weighted by Gasteiger charge is 2.48. The molecule has 0 radical (unpaired) electrons. The molecule has 0 N–H and O–H groups in total. The van der Waals surface area contributed by atoms with E-state index in [1.165, 1.54) is 16.7 Å². The van der Waals surface area contributed by atoms with Crippen LogP contribution in [0, 0.1) is 0 Å². The molecule has 0 bridgehead atoms. The first-order valence-corrected chi connectivity index (χ1v) is 44.9. The van der Waals surface area contributed by atoms with Gasteiger partial charge in [-0.15, -0.1) is 0 Å². The van der Waals surface area contributed by atoms with Gasteiger partial charge in [0.25, 0.3) is 6.71 Å². The number of hydrogen-bond acceptors (Lipinski definition) is 2. The fourth-order valence-corrected chi connectivity index (χ4v) is 18.3. The molecule has 5 heteroatoms. The van der Waals surface area contributed by atoms with Crippen LogP contribution < -0.4 is 26.2 Å². The Morgan fingerprint density at radius 1 is 0.233 bits per heavy atom. The summed E-state index contributed by atoms with van der Waals surface area (Å²) in [4.78, 5) is 3.26. The Balaban J connectivity index is 1.27. The summed E-state index contributed by atoms with van der Waals surface area (Å²) < 4.78 is 331. The Hall–Kier alpha value is -11.7. The van der Waals surface area contributed by atoms with Crippen molar-refractivity contribution in [3.05, 3.63) is 328 Å². The van der Waals surface area contributed by atoms with E-state index in [1.54, 1.807) is 153 Å². The molecular weight excluding hydrogens is 1560 g/mol. The lowest BCUT2D eigenvalue weighted by Gasteiger charge is -2.47. The van der Waals surface area contributed by atoms with Crippen LogP contribution in [0.5, 0.6) is 0 Å². The van der Waals surface area contributed by atoms with E-state index >= 15 is 0 Å². The molecule has 14 aromatic carbocycles. The van der Waals surface area contributed by atoms with Crippen LogP contribution in [0.15, 0.2) is 272 Å². The van der Waals surface area contributed by atoms with Gasteiger partial charge in [0.1, 0.15) is 0 Å². The number of hydrogen-bond donors (Lipinski definition) is 0. The lowest BCUT2D eigenvalue weighted by molar-refractivity contribution is 0.570. The summed E-state index contributed by atoms with van der Waals surface area (Å²) in [6.07, 6.45) is 0. The highest BCUT2D eigenvalue weighted by Crippen LogP contribution is 2.59. The Morgan fingerprint density at radius 2 is 0.574 bits per heavy atom. The maximum atomic E-state index is 12.1. The number of nitrogens with zero attached hydrogens (tertiary/aromatic N) is 4. The van der Waals surface area contributed by atoms with Gasteiger partial charge in [0.2, 0.25) is 0 Å². The van der Waals surface area contributed by atoms with Gasteiger partial charge in [-0.2, -0.15) is 0 Å². The third kappa shape index (κ3) is 15.4. The zero-order valence-electron chi connectivity index (χ0n) is 111. The largest absolute Gasteiger partial charge is 0.310 e. The molecule has 0 saturated heterocycles. The Labute approximate surface area is 815 Å². The molecule has 0 spiro atoms. The summed E-state index contributed by atoms with van der Waals surface area (Å²) in [7, 11) is 0. The molecule has 4 heterocycles. The standard InChI is InChI=1S/C124H135BN4/c1-115(2,3)80-55-50-77(51-56-80)90-69-84(119(13,14)15)71-94(110-96(121(19,20)21)44-38-45-97(110)122(22,23)24)113(90)128-106-66-79(76-40-32-31-33-41-76)54-62-100(106)125-101-63-61-86(126-104-64-59-82(117(7,8)9)67-92(104)93-68-83(118(10,11)12)60-65-105(93)126)73-107(101)129(109-75-87(74-108(128)112(109)125)127-102-48-36-34-42-88(102)89-43-35-37-49-103(89)127)114-91(78-52-57-81(58-53-78)116(4,5)6)70-85(120(16,17)18)72-95(114)111-98(123(25,26)27)46-39-47-99(111)124(28,29)30/h31-75H,1-30H3/i31D,32D,33D,34D,35D,36D,37D,38D,39D,40D,41D,42D,43D,44D,45D,46D,47D,48D,49D,50D,51D,52D,53D,55D,56D,57D,58D,69D,70D,71D,72D. The average molecular weight is 1720 g/mol. The van der Waals surface area contributed by atoms with Crippen molar-refractivity contribution in [1.82, 2.24) is 9.13 Å². The van der Waals surface area contributed by atoms with Crippen LogP contribution in [-0.4, -0.2) is 15.8 Å². The Kier molecular flexibility index (Phi) is 13.7. The van der Waals surface area contributed by atoms with E-state index in [2.05, 4.69) is 70.4 Å². The van der Waals surface area contributed by atoms with Crippen molar-refractivity contribution in [1.29, 1.82) is 0 Å². The maximum Gasteiger partial charge on any atom is 0.252 e. The number of aromatic nitrogens is 2. The highest BCUT2D eigenvalue weighted by molar-refractivity contribution is 7.00. The van der Waals surface area contributed by atoms with Gasteiger partial charge in [-0.3, -0.25) is 0 Å². The number of fused-ring (bicyclic) bond motifs is 10. The molecule has 0 atom stereocenters. The van der Waals surface area contributed by atoms with Gasteiger partial charge in [0, 0.05) is 72.2 Å². The van der Waals surface area contributed by atoms with E-state index in [9.17, 15) is 42.5 Å². The van der Waals surface area contributed by atoms with Gasteiger partial charge in [-0.1, -0.05) is 389 Å². The van der Waals surface area contributed by atoms with Gasteiger partial charge in [-0.25, -0.2) is 0 Å². The monoisotopic (exact) mass is 1720 g/mol. The molecule has 0 aliphatic carbocycles. The van der Waals surface area contributed by atoms with E-state index < -0.39 is 298 Å². The predicted octanol–water partition coefficient (Wildman–Crippen LogP) is 33.3. The van der Waals surface area contributed by atoms with Crippen molar-refractivity contribution in [2.45, 2.75) is 262 Å². The fraction of sp³-hybridized carbons (Fsp3) is 0.323. The fourth-order valence-electron chi connectivity index (χ4n) is 18.3. The summed E-state index contributed by atoms with van der Waals surface area (Å²) in [6.45, 7) is 53.6. The lowest BCUT2D eigenvalue weighted by Crippen LogP contribution is -2.61. The minimum atomic E-state index is -1.49. The molecule has 4 nitrogen and oxygen atoms in total. The van der Waals surface area contributed by atoms with Crippen molar-refractivity contribution < 1.29 is 42.5 Å². The first kappa shape index (κ1) is 58.1. The van der Waals surface area contributed by atoms with E-state index in [1.807, 2.05) is 71.9 Å². The molecule has 2 aromatic heterocycles. The SMILES string of the molecule is [2H]c1c([2H])c([2H])c(-c2ccc3c(c2)N(c2c(-c4c([2H])c([2H])c(C(C)(C)C)c([2H])c4[2H])c([2H])c(C(C)(C)C)c([2H])c2-c2c(C(C)(C)C)c([2H])c([2H])c([2H])c2C(C)(C)C)c2cc(-n4c5c([2H])c([2H])c([2H])c([2H])c5c5c([2H])c([2H])c([2H])c([2H])c54)cc4c2B3c2ccc(-n3c5ccc(C(C)(C)C)cc5c5cc(C(C)(C)C)ccc53)cc2N4c2c(-c3c([2H])c([2H])c(C(C)(C)C)c([2H])c3[2H])c([2H])c(C(C)(C)C)c([2H])c2-c2c(C(C)(C)C)c([2H])c([2H])c([2H])c2C(C)(C)C)c([2H])c1[2H]. The predicted molar refractivity (Wildman–Crippen MR) is 563 cm³/mol. The first-order valence-electron chi connectivity index (χ1n) is 60.4. The van der Waals surface area contributed by atoms with Gasteiger partial charge in [0.15, 0.2) is 0 Å². The van der Waals surface area contributed by atoms with E-state index in [0.717, 1.165) is 21.9 Å². The van der Waals surface area contributed by atoms with Gasteiger partial charge in [0.05, 0.1) is 81.6 Å². The molecular formula is C124H135BN4. The number of benzene rings is 14.